The molecule has 7 nitrogen and oxygen atoms in total. The van der Waals surface area contributed by atoms with Gasteiger partial charge in [-0.1, -0.05) is 0 Å². The van der Waals surface area contributed by atoms with Crippen LogP contribution in [0.2, 0.25) is 0 Å². The van der Waals surface area contributed by atoms with Gasteiger partial charge in [-0.3, -0.25) is 4.68 Å². The number of alkyl carbamates (subject to hydrolysis) is 1. The zero-order chi connectivity index (χ0) is 15.9. The molecule has 7 heteroatoms. The summed E-state index contributed by atoms with van der Waals surface area (Å²) in [6.07, 6.45) is 3.24. The highest BCUT2D eigenvalue weighted by molar-refractivity contribution is 5.67. The van der Waals surface area contributed by atoms with Crippen molar-refractivity contribution in [3.63, 3.8) is 0 Å². The van der Waals surface area contributed by atoms with E-state index in [4.69, 9.17) is 9.84 Å². The molecule has 0 aliphatic heterocycles. The smallest absolute Gasteiger partial charge is 0.407 e. The Morgan fingerprint density at radius 3 is 2.86 bits per heavy atom. The first-order valence-electron chi connectivity index (χ1n) is 7.12. The zero-order valence-corrected chi connectivity index (χ0v) is 13.2. The van der Waals surface area contributed by atoms with Crippen LogP contribution < -0.4 is 10.6 Å². The Hall–Kier alpha value is -1.60. The molecule has 0 aliphatic rings. The van der Waals surface area contributed by atoms with E-state index in [0.717, 1.165) is 5.56 Å². The van der Waals surface area contributed by atoms with E-state index in [1.165, 1.54) is 0 Å². The van der Waals surface area contributed by atoms with Crippen molar-refractivity contribution in [1.29, 1.82) is 0 Å². The van der Waals surface area contributed by atoms with Crippen molar-refractivity contribution in [2.75, 3.05) is 13.2 Å². The Labute approximate surface area is 125 Å². The second-order valence-corrected chi connectivity index (χ2v) is 6.00. The Balaban J connectivity index is 2.24. The predicted octanol–water partition coefficient (Wildman–Crippen LogP) is 0.878. The molecular weight excluding hydrogens is 272 g/mol. The molecule has 0 aromatic carbocycles. The van der Waals surface area contributed by atoms with Crippen LogP contribution in [0.3, 0.4) is 0 Å². The van der Waals surface area contributed by atoms with Crippen LogP contribution in [0.5, 0.6) is 0 Å². The van der Waals surface area contributed by atoms with Crippen molar-refractivity contribution in [1.82, 2.24) is 20.4 Å². The van der Waals surface area contributed by atoms with Crippen LogP contribution in [0.25, 0.3) is 0 Å². The quantitative estimate of drug-likeness (QED) is 0.695. The first-order valence-corrected chi connectivity index (χ1v) is 7.12. The summed E-state index contributed by atoms with van der Waals surface area (Å²) < 4.78 is 6.86. The van der Waals surface area contributed by atoms with Crippen molar-refractivity contribution >= 4 is 6.09 Å². The lowest BCUT2D eigenvalue weighted by molar-refractivity contribution is 0.0523. The third-order valence-electron chi connectivity index (χ3n) is 2.62. The molecule has 0 saturated carbocycles. The molecule has 21 heavy (non-hydrogen) atoms. The number of nitrogens with zero attached hydrogens (tertiary/aromatic N) is 2. The predicted molar refractivity (Wildman–Crippen MR) is 79.9 cm³/mol. The van der Waals surface area contributed by atoms with Crippen molar-refractivity contribution < 1.29 is 14.6 Å². The monoisotopic (exact) mass is 298 g/mol. The van der Waals surface area contributed by atoms with E-state index in [9.17, 15) is 4.79 Å². The van der Waals surface area contributed by atoms with Gasteiger partial charge in [-0.2, -0.15) is 5.10 Å². The molecule has 1 atom stereocenters. The fraction of sp³-hybridized carbons (Fsp3) is 0.714. The summed E-state index contributed by atoms with van der Waals surface area (Å²) in [5.41, 5.74) is 0.551. The minimum absolute atomic E-state index is 0.0742. The van der Waals surface area contributed by atoms with Gasteiger partial charge in [-0.25, -0.2) is 4.79 Å². The van der Waals surface area contributed by atoms with Gasteiger partial charge < -0.3 is 20.5 Å². The van der Waals surface area contributed by atoms with E-state index >= 15 is 0 Å². The SMILES string of the molecule is CC(CNC(=O)OC(C)(C)C)NCc1cnn(CCO)c1. The molecule has 1 aromatic rings. The van der Waals surface area contributed by atoms with Gasteiger partial charge in [0.15, 0.2) is 0 Å². The average Bonchev–Trinajstić information content (AvgIpc) is 2.80. The standard InChI is InChI=1S/C14H26N4O3/c1-11(7-16-13(20)21-14(2,3)4)15-8-12-9-17-18(10-12)5-6-19/h9-11,15,19H,5-8H2,1-4H3,(H,16,20). The minimum atomic E-state index is -0.484. The molecule has 0 saturated heterocycles. The Morgan fingerprint density at radius 1 is 1.52 bits per heavy atom. The molecule has 0 spiro atoms. The fourth-order valence-corrected chi connectivity index (χ4v) is 1.64. The highest BCUT2D eigenvalue weighted by Gasteiger charge is 2.16. The number of nitrogens with one attached hydrogen (secondary N) is 2. The summed E-state index contributed by atoms with van der Waals surface area (Å²) in [6.45, 7) is 9.19. The number of hydrogen-bond acceptors (Lipinski definition) is 5. The summed E-state index contributed by atoms with van der Waals surface area (Å²) in [4.78, 5) is 11.5. The van der Waals surface area contributed by atoms with Gasteiger partial charge >= 0.3 is 6.09 Å². The van der Waals surface area contributed by atoms with Gasteiger partial charge in [0.1, 0.15) is 5.60 Å². The van der Waals surface area contributed by atoms with Gasteiger partial charge in [0.05, 0.1) is 19.3 Å². The molecule has 1 amide bonds. The maximum absolute atomic E-state index is 11.5. The normalized spacial score (nSPS) is 13.0. The van der Waals surface area contributed by atoms with Crippen molar-refractivity contribution in [2.45, 2.75) is 52.4 Å². The summed E-state index contributed by atoms with van der Waals surface area (Å²) >= 11 is 0. The number of carbonyl (C=O) groups excluding carboxylic acids is 1. The van der Waals surface area contributed by atoms with E-state index in [2.05, 4.69) is 15.7 Å². The van der Waals surface area contributed by atoms with Crippen molar-refractivity contribution in [3.05, 3.63) is 18.0 Å². The maximum atomic E-state index is 11.5. The highest BCUT2D eigenvalue weighted by Crippen LogP contribution is 2.06. The summed E-state index contributed by atoms with van der Waals surface area (Å²) in [6, 6.07) is 0.110. The number of amides is 1. The minimum Gasteiger partial charge on any atom is -0.444 e. The third-order valence-corrected chi connectivity index (χ3v) is 2.62. The summed E-state index contributed by atoms with van der Waals surface area (Å²) in [5.74, 6) is 0. The molecule has 120 valence electrons. The first-order chi connectivity index (χ1) is 9.80. The third kappa shape index (κ3) is 7.67. The van der Waals surface area contributed by atoms with Crippen LogP contribution in [0.4, 0.5) is 4.79 Å². The van der Waals surface area contributed by atoms with Gasteiger partial charge in [0, 0.05) is 30.9 Å². The second kappa shape index (κ2) is 7.99. The van der Waals surface area contributed by atoms with Gasteiger partial charge in [0.25, 0.3) is 0 Å². The van der Waals surface area contributed by atoms with Crippen LogP contribution in [0.15, 0.2) is 12.4 Å². The number of ether oxygens (including phenoxy) is 1. The molecule has 0 aliphatic carbocycles. The van der Waals surface area contributed by atoms with Gasteiger partial charge in [0.2, 0.25) is 0 Å². The van der Waals surface area contributed by atoms with Gasteiger partial charge in [-0.15, -0.1) is 0 Å². The number of aliphatic hydroxyl groups is 1. The van der Waals surface area contributed by atoms with Gasteiger partial charge in [-0.05, 0) is 27.7 Å². The van der Waals surface area contributed by atoms with E-state index in [1.807, 2.05) is 33.9 Å². The Kier molecular flexibility index (Phi) is 6.64. The van der Waals surface area contributed by atoms with E-state index in [0.29, 0.717) is 19.6 Å². The Morgan fingerprint density at radius 2 is 2.24 bits per heavy atom. The lowest BCUT2D eigenvalue weighted by atomic mass is 10.2. The highest BCUT2D eigenvalue weighted by atomic mass is 16.6. The number of carbonyl (C=O) groups is 1. The number of aromatic nitrogens is 2. The van der Waals surface area contributed by atoms with Crippen molar-refractivity contribution in [2.24, 2.45) is 0 Å². The fourth-order valence-electron chi connectivity index (χ4n) is 1.64. The zero-order valence-electron chi connectivity index (χ0n) is 13.2. The molecular formula is C14H26N4O3. The molecule has 1 heterocycles. The molecule has 0 radical (unpaired) electrons. The lowest BCUT2D eigenvalue weighted by Gasteiger charge is -2.21. The average molecular weight is 298 g/mol. The molecule has 1 rings (SSSR count). The first kappa shape index (κ1) is 17.5. The van der Waals surface area contributed by atoms with E-state index < -0.39 is 11.7 Å². The van der Waals surface area contributed by atoms with Crippen molar-refractivity contribution in [3.8, 4) is 0 Å². The second-order valence-electron chi connectivity index (χ2n) is 6.00. The van der Waals surface area contributed by atoms with Crippen LogP contribution in [-0.4, -0.2) is 45.8 Å². The number of aliphatic hydroxyl groups excluding tert-OH is 1. The van der Waals surface area contributed by atoms with E-state index in [-0.39, 0.29) is 12.6 Å². The Bertz CT molecular complexity index is 440. The molecule has 1 aromatic heterocycles. The summed E-state index contributed by atoms with van der Waals surface area (Å²) in [5, 5.41) is 19.0. The maximum Gasteiger partial charge on any atom is 0.407 e. The molecule has 0 bridgehead atoms. The van der Waals surface area contributed by atoms with Crippen LogP contribution >= 0.6 is 0 Å². The topological polar surface area (TPSA) is 88.4 Å². The van der Waals surface area contributed by atoms with Crippen LogP contribution in [0, 0.1) is 0 Å². The number of hydrogen-bond donors (Lipinski definition) is 3. The number of rotatable bonds is 7. The summed E-state index contributed by atoms with van der Waals surface area (Å²) in [7, 11) is 0. The molecule has 3 N–H and O–H groups in total. The molecule has 1 unspecified atom stereocenters. The molecule has 0 fully saturated rings. The lowest BCUT2D eigenvalue weighted by Crippen LogP contribution is -2.40. The van der Waals surface area contributed by atoms with E-state index in [1.54, 1.807) is 10.9 Å². The van der Waals surface area contributed by atoms with Crippen LogP contribution in [0.1, 0.15) is 33.3 Å². The van der Waals surface area contributed by atoms with Crippen LogP contribution in [-0.2, 0) is 17.8 Å². The largest absolute Gasteiger partial charge is 0.444 e.